The minimum atomic E-state index is -0.676. The molecule has 0 bridgehead atoms. The quantitative estimate of drug-likeness (QED) is 0.708. The fourth-order valence-electron chi connectivity index (χ4n) is 2.11. The molecule has 2 aromatic rings. The predicted octanol–water partition coefficient (Wildman–Crippen LogP) is 3.17. The van der Waals surface area contributed by atoms with Crippen LogP contribution in [0.2, 0.25) is 5.02 Å². The molecule has 142 valence electrons. The average molecular weight is 391 g/mol. The lowest BCUT2D eigenvalue weighted by Gasteiger charge is -2.09. The van der Waals surface area contributed by atoms with Crippen molar-refractivity contribution in [2.75, 3.05) is 23.8 Å². The molecule has 0 spiro atoms. The topological polar surface area (TPSA) is 93.7 Å². The number of nitrogens with one attached hydrogen (secondary N) is 2. The van der Waals surface area contributed by atoms with Gasteiger partial charge in [0.2, 0.25) is 5.91 Å². The van der Waals surface area contributed by atoms with E-state index in [1.165, 1.54) is 6.92 Å². The zero-order valence-corrected chi connectivity index (χ0v) is 15.6. The zero-order valence-electron chi connectivity index (χ0n) is 14.9. The Balaban J connectivity index is 1.77. The van der Waals surface area contributed by atoms with Crippen molar-refractivity contribution in [3.63, 3.8) is 0 Å². The standard InChI is InChI=1S/C19H19ClN2O5/c1-12-8-16(6-7-17(12)20)26-11-19(25)27-10-18(24)22-15-5-3-4-14(9-15)21-13(2)23/h3-9H,10-11H2,1-2H3,(H,21,23)(H,22,24). The van der Waals surface area contributed by atoms with Gasteiger partial charge in [-0.2, -0.15) is 0 Å². The number of aryl methyl sites for hydroxylation is 1. The van der Waals surface area contributed by atoms with E-state index < -0.39 is 18.5 Å². The van der Waals surface area contributed by atoms with Gasteiger partial charge in [-0.3, -0.25) is 9.59 Å². The van der Waals surface area contributed by atoms with Gasteiger partial charge >= 0.3 is 5.97 Å². The van der Waals surface area contributed by atoms with E-state index in [0.717, 1.165) is 5.56 Å². The van der Waals surface area contributed by atoms with E-state index in [4.69, 9.17) is 21.1 Å². The SMILES string of the molecule is CC(=O)Nc1cccc(NC(=O)COC(=O)COc2ccc(Cl)c(C)c2)c1. The van der Waals surface area contributed by atoms with Crippen molar-refractivity contribution in [3.05, 3.63) is 53.1 Å². The Morgan fingerprint density at radius 3 is 2.37 bits per heavy atom. The third kappa shape index (κ3) is 6.99. The first-order valence-corrected chi connectivity index (χ1v) is 8.43. The highest BCUT2D eigenvalue weighted by Crippen LogP contribution is 2.21. The monoisotopic (exact) mass is 390 g/mol. The normalized spacial score (nSPS) is 10.0. The summed E-state index contributed by atoms with van der Waals surface area (Å²) in [5, 5.41) is 5.78. The van der Waals surface area contributed by atoms with Crippen molar-refractivity contribution in [2.24, 2.45) is 0 Å². The summed E-state index contributed by atoms with van der Waals surface area (Å²) in [4.78, 5) is 34.6. The molecule has 0 aromatic heterocycles. The largest absolute Gasteiger partial charge is 0.482 e. The second-order valence-corrected chi connectivity index (χ2v) is 6.08. The van der Waals surface area contributed by atoms with Crippen LogP contribution in [0.5, 0.6) is 5.75 Å². The highest BCUT2D eigenvalue weighted by atomic mass is 35.5. The lowest BCUT2D eigenvalue weighted by Crippen LogP contribution is -2.23. The van der Waals surface area contributed by atoms with E-state index in [1.807, 2.05) is 6.92 Å². The maximum Gasteiger partial charge on any atom is 0.344 e. The Bertz CT molecular complexity index is 854. The van der Waals surface area contributed by atoms with Gasteiger partial charge in [0.05, 0.1) is 0 Å². The van der Waals surface area contributed by atoms with Crippen LogP contribution >= 0.6 is 11.6 Å². The van der Waals surface area contributed by atoms with Gasteiger partial charge in [0, 0.05) is 23.3 Å². The van der Waals surface area contributed by atoms with E-state index in [2.05, 4.69) is 10.6 Å². The Kier molecular flexibility index (Phi) is 7.19. The van der Waals surface area contributed by atoms with Crippen LogP contribution in [0.25, 0.3) is 0 Å². The molecule has 7 nitrogen and oxygen atoms in total. The van der Waals surface area contributed by atoms with Gasteiger partial charge < -0.3 is 20.1 Å². The molecule has 0 atom stereocenters. The van der Waals surface area contributed by atoms with Crippen molar-refractivity contribution >= 4 is 40.8 Å². The van der Waals surface area contributed by atoms with E-state index in [1.54, 1.807) is 42.5 Å². The summed E-state index contributed by atoms with van der Waals surface area (Å²) in [6, 6.07) is 11.6. The predicted molar refractivity (Wildman–Crippen MR) is 102 cm³/mol. The molecule has 8 heteroatoms. The number of carbonyl (C=O) groups excluding carboxylic acids is 3. The molecule has 0 saturated carbocycles. The Hall–Kier alpha value is -3.06. The number of ether oxygens (including phenoxy) is 2. The van der Waals surface area contributed by atoms with Gasteiger partial charge in [-0.1, -0.05) is 17.7 Å². The van der Waals surface area contributed by atoms with Crippen LogP contribution in [-0.2, 0) is 19.1 Å². The molecule has 0 saturated heterocycles. The molecule has 27 heavy (non-hydrogen) atoms. The summed E-state index contributed by atoms with van der Waals surface area (Å²) in [6.07, 6.45) is 0. The number of amides is 2. The van der Waals surface area contributed by atoms with Crippen LogP contribution in [0.4, 0.5) is 11.4 Å². The summed E-state index contributed by atoms with van der Waals surface area (Å²) in [6.45, 7) is 2.43. The summed E-state index contributed by atoms with van der Waals surface area (Å²) >= 11 is 5.92. The first kappa shape index (κ1) is 20.3. The Morgan fingerprint density at radius 1 is 1.00 bits per heavy atom. The van der Waals surface area contributed by atoms with Gasteiger partial charge in [-0.15, -0.1) is 0 Å². The second-order valence-electron chi connectivity index (χ2n) is 5.67. The third-order valence-electron chi connectivity index (χ3n) is 3.32. The first-order chi connectivity index (χ1) is 12.8. The molecule has 2 N–H and O–H groups in total. The smallest absolute Gasteiger partial charge is 0.344 e. The number of anilines is 2. The van der Waals surface area contributed by atoms with Crippen LogP contribution in [-0.4, -0.2) is 31.0 Å². The van der Waals surface area contributed by atoms with Crippen LogP contribution in [0, 0.1) is 6.92 Å². The number of hydrogen-bond donors (Lipinski definition) is 2. The van der Waals surface area contributed by atoms with Crippen molar-refractivity contribution in [1.82, 2.24) is 0 Å². The first-order valence-electron chi connectivity index (χ1n) is 8.05. The lowest BCUT2D eigenvalue weighted by atomic mass is 10.2. The highest BCUT2D eigenvalue weighted by Gasteiger charge is 2.10. The number of benzene rings is 2. The number of hydrogen-bond acceptors (Lipinski definition) is 5. The third-order valence-corrected chi connectivity index (χ3v) is 3.74. The van der Waals surface area contributed by atoms with Gasteiger partial charge in [0.25, 0.3) is 5.91 Å². The number of rotatable bonds is 7. The molecule has 0 aliphatic rings. The maximum absolute atomic E-state index is 11.9. The molecule has 2 aromatic carbocycles. The van der Waals surface area contributed by atoms with Crippen molar-refractivity contribution < 1.29 is 23.9 Å². The van der Waals surface area contributed by atoms with Crippen LogP contribution in [0.1, 0.15) is 12.5 Å². The van der Waals surface area contributed by atoms with Crippen molar-refractivity contribution in [3.8, 4) is 5.75 Å². The molecule has 2 amide bonds. The van der Waals surface area contributed by atoms with Gasteiger partial charge in [-0.25, -0.2) is 4.79 Å². The summed E-state index contributed by atoms with van der Waals surface area (Å²) in [5.41, 5.74) is 1.84. The maximum atomic E-state index is 11.9. The summed E-state index contributed by atoms with van der Waals surface area (Å²) < 4.78 is 10.2. The number of esters is 1. The second kappa shape index (κ2) is 9.59. The van der Waals surface area contributed by atoms with Crippen molar-refractivity contribution in [1.29, 1.82) is 0 Å². The molecular formula is C19H19ClN2O5. The van der Waals surface area contributed by atoms with E-state index in [0.29, 0.717) is 22.1 Å². The number of halogens is 1. The van der Waals surface area contributed by atoms with E-state index in [9.17, 15) is 14.4 Å². The molecule has 0 fully saturated rings. The Labute approximate surface area is 161 Å². The molecule has 0 unspecified atom stereocenters. The lowest BCUT2D eigenvalue weighted by molar-refractivity contribution is -0.149. The zero-order chi connectivity index (χ0) is 19.8. The van der Waals surface area contributed by atoms with Gasteiger partial charge in [0.1, 0.15) is 5.75 Å². The summed E-state index contributed by atoms with van der Waals surface area (Å²) in [7, 11) is 0. The minimum absolute atomic E-state index is 0.219. The molecule has 0 heterocycles. The van der Waals surface area contributed by atoms with Gasteiger partial charge in [-0.05, 0) is 48.9 Å². The van der Waals surface area contributed by atoms with E-state index >= 15 is 0 Å². The highest BCUT2D eigenvalue weighted by molar-refractivity contribution is 6.31. The molecule has 0 radical (unpaired) electrons. The van der Waals surface area contributed by atoms with E-state index in [-0.39, 0.29) is 12.5 Å². The van der Waals surface area contributed by atoms with Gasteiger partial charge in [0.15, 0.2) is 13.2 Å². The minimum Gasteiger partial charge on any atom is -0.482 e. The fourth-order valence-corrected chi connectivity index (χ4v) is 2.23. The van der Waals surface area contributed by atoms with Crippen molar-refractivity contribution in [2.45, 2.75) is 13.8 Å². The summed E-state index contributed by atoms with van der Waals surface area (Å²) in [5.74, 6) is -0.924. The molecular weight excluding hydrogens is 372 g/mol. The van der Waals surface area contributed by atoms with Crippen LogP contribution in [0.3, 0.4) is 0 Å². The number of carbonyl (C=O) groups is 3. The molecule has 2 rings (SSSR count). The average Bonchev–Trinajstić information content (AvgIpc) is 2.60. The molecule has 0 aliphatic carbocycles. The Morgan fingerprint density at radius 2 is 1.70 bits per heavy atom. The fraction of sp³-hybridized carbons (Fsp3) is 0.211. The van der Waals surface area contributed by atoms with Crippen LogP contribution < -0.4 is 15.4 Å². The van der Waals surface area contributed by atoms with Crippen LogP contribution in [0.15, 0.2) is 42.5 Å². The molecule has 0 aliphatic heterocycles.